The van der Waals surface area contributed by atoms with Gasteiger partial charge in [-0.25, -0.2) is 18.4 Å². The number of thiol groups is 1. The number of hydrogen-bond acceptors (Lipinski definition) is 7. The summed E-state index contributed by atoms with van der Waals surface area (Å²) in [6.45, 7) is 0.472. The van der Waals surface area contributed by atoms with Crippen molar-refractivity contribution in [2.75, 3.05) is 5.32 Å². The maximum absolute atomic E-state index is 11.5. The van der Waals surface area contributed by atoms with Gasteiger partial charge in [0.2, 0.25) is 0 Å². The number of nitrogens with one attached hydrogen (secondary N) is 1. The Morgan fingerprint density at radius 1 is 0.818 bits per heavy atom. The van der Waals surface area contributed by atoms with Crippen molar-refractivity contribution in [3.8, 4) is 22.5 Å². The van der Waals surface area contributed by atoms with Crippen molar-refractivity contribution in [3.63, 3.8) is 0 Å². The van der Waals surface area contributed by atoms with Gasteiger partial charge in [-0.2, -0.15) is 0 Å². The molecule has 33 heavy (non-hydrogen) atoms. The molecule has 3 heterocycles. The number of aromatic nitrogens is 4. The van der Waals surface area contributed by atoms with Crippen molar-refractivity contribution < 1.29 is 8.42 Å². The summed E-state index contributed by atoms with van der Waals surface area (Å²) in [5.74, 6) is 1.03. The minimum atomic E-state index is -2.76. The third-order valence-electron chi connectivity index (χ3n) is 5.16. The van der Waals surface area contributed by atoms with Crippen molar-refractivity contribution >= 4 is 27.4 Å². The van der Waals surface area contributed by atoms with Gasteiger partial charge in [0.05, 0.1) is 28.0 Å². The van der Waals surface area contributed by atoms with Gasteiger partial charge in [0.1, 0.15) is 5.82 Å². The lowest BCUT2D eigenvalue weighted by atomic mass is 10.0. The van der Waals surface area contributed by atoms with E-state index in [2.05, 4.69) is 15.3 Å². The Hall–Kier alpha value is -4.17. The van der Waals surface area contributed by atoms with Crippen molar-refractivity contribution in [1.82, 2.24) is 19.9 Å². The van der Waals surface area contributed by atoms with Crippen LogP contribution in [0.3, 0.4) is 0 Å². The van der Waals surface area contributed by atoms with Crippen molar-refractivity contribution in [3.05, 3.63) is 97.1 Å². The summed E-state index contributed by atoms with van der Waals surface area (Å²) < 4.78 is 22.9. The van der Waals surface area contributed by atoms with Gasteiger partial charge in [-0.1, -0.05) is 48.5 Å². The zero-order valence-electron chi connectivity index (χ0n) is 17.4. The average molecular weight is 454 g/mol. The second-order valence-corrected chi connectivity index (χ2v) is 8.36. The number of hydrogen-bond donors (Lipinski definition) is 2. The standard InChI is InChI=1S/C25H19N5O2S/c31-33(32)20-13-18(14-26-16-20)24-29-22-11-6-10-21(17-7-2-1-3-8-17)23(22)25(30-24)28-15-19-9-4-5-12-27-19/h1-14,16,33H,15H2,(H,28,29,30). The van der Waals surface area contributed by atoms with E-state index in [1.54, 1.807) is 12.4 Å². The molecule has 2 aromatic carbocycles. The highest BCUT2D eigenvalue weighted by atomic mass is 32.2. The van der Waals surface area contributed by atoms with Gasteiger partial charge < -0.3 is 5.32 Å². The molecule has 0 atom stereocenters. The van der Waals surface area contributed by atoms with Crippen LogP contribution in [0.4, 0.5) is 5.82 Å². The van der Waals surface area contributed by atoms with Crippen LogP contribution in [-0.2, 0) is 17.2 Å². The molecule has 0 aliphatic carbocycles. The van der Waals surface area contributed by atoms with Crippen LogP contribution in [0.2, 0.25) is 0 Å². The predicted molar refractivity (Wildman–Crippen MR) is 128 cm³/mol. The van der Waals surface area contributed by atoms with E-state index < -0.39 is 10.7 Å². The second kappa shape index (κ2) is 9.13. The normalized spacial score (nSPS) is 11.1. The molecule has 0 aliphatic heterocycles. The van der Waals surface area contributed by atoms with E-state index in [0.717, 1.165) is 27.7 Å². The maximum atomic E-state index is 11.5. The second-order valence-electron chi connectivity index (χ2n) is 7.33. The van der Waals surface area contributed by atoms with Crippen molar-refractivity contribution in [2.24, 2.45) is 0 Å². The number of nitrogens with zero attached hydrogens (tertiary/aromatic N) is 4. The zero-order valence-corrected chi connectivity index (χ0v) is 18.3. The molecule has 0 saturated heterocycles. The van der Waals surface area contributed by atoms with E-state index >= 15 is 0 Å². The molecule has 0 saturated carbocycles. The fraction of sp³-hybridized carbons (Fsp3) is 0.0400. The Labute approximate surface area is 192 Å². The quantitative estimate of drug-likeness (QED) is 0.369. The SMILES string of the molecule is O=[SH](=O)c1cncc(-c2nc(NCc3ccccn3)c3c(-c4ccccc4)cccc3n2)c1. The molecule has 3 aromatic heterocycles. The van der Waals surface area contributed by atoms with E-state index in [0.29, 0.717) is 23.8 Å². The first-order valence-corrected chi connectivity index (χ1v) is 11.5. The lowest BCUT2D eigenvalue weighted by Gasteiger charge is -2.14. The molecule has 5 rings (SSSR count). The smallest absolute Gasteiger partial charge is 0.169 e. The fourth-order valence-electron chi connectivity index (χ4n) is 3.63. The molecule has 1 N–H and O–H groups in total. The van der Waals surface area contributed by atoms with Crippen LogP contribution < -0.4 is 5.32 Å². The molecule has 5 aromatic rings. The largest absolute Gasteiger partial charge is 0.364 e. The third kappa shape index (κ3) is 4.42. The first kappa shape index (κ1) is 20.7. The summed E-state index contributed by atoms with van der Waals surface area (Å²) in [7, 11) is -2.76. The minimum absolute atomic E-state index is 0.118. The van der Waals surface area contributed by atoms with Gasteiger partial charge in [-0.05, 0) is 35.4 Å². The number of pyridine rings is 2. The van der Waals surface area contributed by atoms with Gasteiger partial charge in [-0.3, -0.25) is 9.97 Å². The Kier molecular flexibility index (Phi) is 5.73. The summed E-state index contributed by atoms with van der Waals surface area (Å²) in [6, 6.07) is 23.2. The first-order chi connectivity index (χ1) is 16.2. The Balaban J connectivity index is 1.69. The summed E-state index contributed by atoms with van der Waals surface area (Å²) in [4.78, 5) is 18.1. The Bertz CT molecular complexity index is 1500. The monoisotopic (exact) mass is 453 g/mol. The van der Waals surface area contributed by atoms with Crippen LogP contribution >= 0.6 is 0 Å². The molecule has 0 aliphatic rings. The minimum Gasteiger partial charge on any atom is -0.364 e. The summed E-state index contributed by atoms with van der Waals surface area (Å²) in [5.41, 5.74) is 4.18. The summed E-state index contributed by atoms with van der Waals surface area (Å²) in [5, 5.41) is 4.29. The molecule has 0 radical (unpaired) electrons. The van der Waals surface area contributed by atoms with Crippen LogP contribution in [0.15, 0.2) is 96.3 Å². The Morgan fingerprint density at radius 2 is 1.67 bits per heavy atom. The summed E-state index contributed by atoms with van der Waals surface area (Å²) in [6.07, 6.45) is 4.62. The fourth-order valence-corrected chi connectivity index (χ4v) is 4.03. The number of anilines is 1. The van der Waals surface area contributed by atoms with Gasteiger partial charge >= 0.3 is 0 Å². The Morgan fingerprint density at radius 3 is 2.45 bits per heavy atom. The number of benzene rings is 2. The molecule has 0 bridgehead atoms. The molecule has 0 unspecified atom stereocenters. The van der Waals surface area contributed by atoms with Crippen LogP contribution in [0.25, 0.3) is 33.4 Å². The lowest BCUT2D eigenvalue weighted by Crippen LogP contribution is -2.06. The number of fused-ring (bicyclic) bond motifs is 1. The van der Waals surface area contributed by atoms with E-state index in [9.17, 15) is 8.42 Å². The van der Waals surface area contributed by atoms with E-state index in [1.807, 2.05) is 66.7 Å². The van der Waals surface area contributed by atoms with Crippen LogP contribution in [0, 0.1) is 0 Å². The van der Waals surface area contributed by atoms with Gasteiger partial charge in [0, 0.05) is 24.2 Å². The molecule has 0 amide bonds. The molecule has 7 nitrogen and oxygen atoms in total. The molecule has 162 valence electrons. The van der Waals surface area contributed by atoms with E-state index in [-0.39, 0.29) is 4.90 Å². The van der Waals surface area contributed by atoms with Gasteiger partial charge in [0.15, 0.2) is 16.5 Å². The molecule has 8 heteroatoms. The molecular weight excluding hydrogens is 434 g/mol. The summed E-state index contributed by atoms with van der Waals surface area (Å²) >= 11 is 0. The number of rotatable bonds is 6. The maximum Gasteiger partial charge on any atom is 0.169 e. The lowest BCUT2D eigenvalue weighted by molar-refractivity contribution is 0.614. The highest BCUT2D eigenvalue weighted by molar-refractivity contribution is 7.72. The molecule has 0 fully saturated rings. The first-order valence-electron chi connectivity index (χ1n) is 10.3. The average Bonchev–Trinajstić information content (AvgIpc) is 2.88. The molecular formula is C25H19N5O2S. The predicted octanol–water partition coefficient (Wildman–Crippen LogP) is 4.34. The molecule has 0 spiro atoms. The highest BCUT2D eigenvalue weighted by Crippen LogP contribution is 2.34. The topological polar surface area (TPSA) is 97.7 Å². The van der Waals surface area contributed by atoms with Gasteiger partial charge in [0.25, 0.3) is 0 Å². The van der Waals surface area contributed by atoms with Crippen LogP contribution in [0.1, 0.15) is 5.69 Å². The van der Waals surface area contributed by atoms with Crippen LogP contribution in [-0.4, -0.2) is 28.4 Å². The third-order valence-corrected chi connectivity index (χ3v) is 5.83. The van der Waals surface area contributed by atoms with E-state index in [4.69, 9.17) is 9.97 Å². The van der Waals surface area contributed by atoms with Crippen molar-refractivity contribution in [2.45, 2.75) is 11.4 Å². The van der Waals surface area contributed by atoms with E-state index in [1.165, 1.54) is 12.3 Å². The van der Waals surface area contributed by atoms with Crippen molar-refractivity contribution in [1.29, 1.82) is 0 Å². The van der Waals surface area contributed by atoms with Gasteiger partial charge in [-0.15, -0.1) is 0 Å². The zero-order chi connectivity index (χ0) is 22.6. The van der Waals surface area contributed by atoms with Crippen LogP contribution in [0.5, 0.6) is 0 Å². The highest BCUT2D eigenvalue weighted by Gasteiger charge is 2.15.